The van der Waals surface area contributed by atoms with Gasteiger partial charge in [-0.1, -0.05) is 0 Å². The monoisotopic (exact) mass is 189 g/mol. The highest BCUT2D eigenvalue weighted by Gasteiger charge is 2.02. The van der Waals surface area contributed by atoms with Gasteiger partial charge in [0, 0.05) is 11.3 Å². The topological polar surface area (TPSA) is 29.4 Å². The third-order valence-electron chi connectivity index (χ3n) is 1.95. The molecule has 0 aliphatic rings. The van der Waals surface area contributed by atoms with E-state index in [0.29, 0.717) is 0 Å². The van der Waals surface area contributed by atoms with E-state index >= 15 is 0 Å². The van der Waals surface area contributed by atoms with Crippen LogP contribution in [0.3, 0.4) is 0 Å². The molecule has 0 unspecified atom stereocenters. The van der Waals surface area contributed by atoms with Crippen LogP contribution in [0.15, 0.2) is 23.2 Å². The number of aryl methyl sites for hydroxylation is 1. The molecule has 0 fully saturated rings. The number of hydrogen-bond donors (Lipinski definition) is 0. The summed E-state index contributed by atoms with van der Waals surface area (Å²) in [5.41, 5.74) is 3.74. The fourth-order valence-electron chi connectivity index (χ4n) is 1.24. The van der Waals surface area contributed by atoms with Gasteiger partial charge in [0.05, 0.1) is 5.69 Å². The summed E-state index contributed by atoms with van der Waals surface area (Å²) in [4.78, 5) is 15.5. The van der Waals surface area contributed by atoms with Gasteiger partial charge < -0.3 is 0 Å². The molecule has 0 saturated heterocycles. The van der Waals surface area contributed by atoms with E-state index in [2.05, 4.69) is 4.99 Å². The lowest BCUT2D eigenvalue weighted by atomic mass is 10.1. The molecule has 0 aliphatic carbocycles. The molecular formula is C12H15NO. The molecule has 0 heterocycles. The predicted molar refractivity (Wildman–Crippen MR) is 59.6 cm³/mol. The number of carbonyl (C=O) groups is 1. The molecule has 0 amide bonds. The van der Waals surface area contributed by atoms with Crippen LogP contribution in [0.2, 0.25) is 0 Å². The zero-order chi connectivity index (χ0) is 10.7. The number of carbonyl (C=O) groups excluding carboxylic acids is 1. The third kappa shape index (κ3) is 2.52. The molecule has 1 rings (SSSR count). The van der Waals surface area contributed by atoms with Crippen LogP contribution >= 0.6 is 0 Å². The molecule has 0 N–H and O–H groups in total. The summed E-state index contributed by atoms with van der Waals surface area (Å²) >= 11 is 0. The summed E-state index contributed by atoms with van der Waals surface area (Å²) in [6.45, 7) is 7.45. The van der Waals surface area contributed by atoms with E-state index in [0.717, 1.165) is 22.5 Å². The van der Waals surface area contributed by atoms with Crippen molar-refractivity contribution in [1.29, 1.82) is 0 Å². The maximum absolute atomic E-state index is 11.1. The first-order valence-corrected chi connectivity index (χ1v) is 4.64. The second-order valence-electron chi connectivity index (χ2n) is 3.62. The van der Waals surface area contributed by atoms with E-state index < -0.39 is 0 Å². The van der Waals surface area contributed by atoms with Gasteiger partial charge in [-0.3, -0.25) is 9.79 Å². The second-order valence-corrected chi connectivity index (χ2v) is 3.62. The molecule has 2 heteroatoms. The van der Waals surface area contributed by atoms with Crippen molar-refractivity contribution in [3.05, 3.63) is 29.3 Å². The smallest absolute Gasteiger partial charge is 0.159 e. The van der Waals surface area contributed by atoms with E-state index in [1.807, 2.05) is 39.0 Å². The molecule has 2 nitrogen and oxygen atoms in total. The SMILES string of the molecule is CC(=O)c1ccc(N=C(C)C)c(C)c1. The Morgan fingerprint density at radius 1 is 1.21 bits per heavy atom. The highest BCUT2D eigenvalue weighted by Crippen LogP contribution is 2.20. The lowest BCUT2D eigenvalue weighted by Gasteiger charge is -2.02. The van der Waals surface area contributed by atoms with Crippen molar-refractivity contribution >= 4 is 17.2 Å². The summed E-state index contributed by atoms with van der Waals surface area (Å²) in [7, 11) is 0. The van der Waals surface area contributed by atoms with Crippen LogP contribution in [-0.4, -0.2) is 11.5 Å². The fourth-order valence-corrected chi connectivity index (χ4v) is 1.24. The van der Waals surface area contributed by atoms with Crippen LogP contribution < -0.4 is 0 Å². The van der Waals surface area contributed by atoms with Crippen LogP contribution in [0.25, 0.3) is 0 Å². The number of rotatable bonds is 2. The Bertz CT molecular complexity index is 387. The molecule has 1 aromatic rings. The number of benzene rings is 1. The Hall–Kier alpha value is -1.44. The normalized spacial score (nSPS) is 9.71. The van der Waals surface area contributed by atoms with Gasteiger partial charge in [0.15, 0.2) is 5.78 Å². The summed E-state index contributed by atoms with van der Waals surface area (Å²) in [5, 5.41) is 0. The summed E-state index contributed by atoms with van der Waals surface area (Å²) in [6.07, 6.45) is 0. The van der Waals surface area contributed by atoms with Crippen molar-refractivity contribution in [3.63, 3.8) is 0 Å². The Morgan fingerprint density at radius 3 is 2.29 bits per heavy atom. The second kappa shape index (κ2) is 4.18. The van der Waals surface area contributed by atoms with Crippen molar-refractivity contribution in [2.45, 2.75) is 27.7 Å². The molecule has 0 atom stereocenters. The zero-order valence-electron chi connectivity index (χ0n) is 9.09. The van der Waals surface area contributed by atoms with Crippen LogP contribution in [0, 0.1) is 6.92 Å². The van der Waals surface area contributed by atoms with Crippen LogP contribution in [-0.2, 0) is 0 Å². The van der Waals surface area contributed by atoms with E-state index in [1.54, 1.807) is 6.92 Å². The first kappa shape index (κ1) is 10.6. The third-order valence-corrected chi connectivity index (χ3v) is 1.95. The van der Waals surface area contributed by atoms with Gasteiger partial charge in [-0.2, -0.15) is 0 Å². The molecule has 0 aliphatic heterocycles. The first-order chi connectivity index (χ1) is 6.50. The number of Topliss-reactive ketones (excluding diaryl/α,β-unsaturated/α-hetero) is 1. The van der Waals surface area contributed by atoms with Crippen LogP contribution in [0.5, 0.6) is 0 Å². The van der Waals surface area contributed by atoms with E-state index in [1.165, 1.54) is 0 Å². The molecule has 0 saturated carbocycles. The quantitative estimate of drug-likeness (QED) is 0.518. The van der Waals surface area contributed by atoms with Crippen molar-refractivity contribution in [2.75, 3.05) is 0 Å². The summed E-state index contributed by atoms with van der Waals surface area (Å²) < 4.78 is 0. The molecule has 14 heavy (non-hydrogen) atoms. The zero-order valence-corrected chi connectivity index (χ0v) is 9.09. The van der Waals surface area contributed by atoms with Crippen LogP contribution in [0.4, 0.5) is 5.69 Å². The average Bonchev–Trinajstić information content (AvgIpc) is 2.07. The Morgan fingerprint density at radius 2 is 1.86 bits per heavy atom. The predicted octanol–water partition coefficient (Wildman–Crippen LogP) is 3.31. The van der Waals surface area contributed by atoms with Gasteiger partial charge in [0.25, 0.3) is 0 Å². The molecule has 0 spiro atoms. The van der Waals surface area contributed by atoms with Crippen molar-refractivity contribution < 1.29 is 4.79 Å². The summed E-state index contributed by atoms with van der Waals surface area (Å²) in [6, 6.07) is 5.58. The largest absolute Gasteiger partial charge is 0.295 e. The maximum Gasteiger partial charge on any atom is 0.159 e. The van der Waals surface area contributed by atoms with Crippen molar-refractivity contribution in [1.82, 2.24) is 0 Å². The van der Waals surface area contributed by atoms with Gasteiger partial charge in [-0.15, -0.1) is 0 Å². The van der Waals surface area contributed by atoms with Crippen molar-refractivity contribution in [3.8, 4) is 0 Å². The number of ketones is 1. The van der Waals surface area contributed by atoms with Crippen molar-refractivity contribution in [2.24, 2.45) is 4.99 Å². The lowest BCUT2D eigenvalue weighted by Crippen LogP contribution is -1.92. The van der Waals surface area contributed by atoms with E-state index in [-0.39, 0.29) is 5.78 Å². The molecule has 0 radical (unpaired) electrons. The highest BCUT2D eigenvalue weighted by molar-refractivity contribution is 5.94. The van der Waals surface area contributed by atoms with Gasteiger partial charge in [-0.05, 0) is 51.5 Å². The van der Waals surface area contributed by atoms with Crippen LogP contribution in [0.1, 0.15) is 36.7 Å². The lowest BCUT2D eigenvalue weighted by molar-refractivity contribution is 0.101. The fraction of sp³-hybridized carbons (Fsp3) is 0.333. The molecule has 0 aromatic heterocycles. The number of aliphatic imine (C=N–C) groups is 1. The Balaban J connectivity index is 3.14. The standard InChI is InChI=1S/C12H15NO/c1-8(2)13-12-6-5-11(10(4)14)7-9(12)3/h5-7H,1-4H3. The molecule has 74 valence electrons. The van der Waals surface area contributed by atoms with Gasteiger partial charge in [0.2, 0.25) is 0 Å². The van der Waals surface area contributed by atoms with Gasteiger partial charge >= 0.3 is 0 Å². The number of nitrogens with zero attached hydrogens (tertiary/aromatic N) is 1. The Labute approximate surface area is 84.7 Å². The minimum absolute atomic E-state index is 0.0943. The minimum atomic E-state index is 0.0943. The maximum atomic E-state index is 11.1. The molecule has 1 aromatic carbocycles. The molecule has 0 bridgehead atoms. The van der Waals surface area contributed by atoms with Gasteiger partial charge in [-0.25, -0.2) is 0 Å². The minimum Gasteiger partial charge on any atom is -0.295 e. The summed E-state index contributed by atoms with van der Waals surface area (Å²) in [5.74, 6) is 0.0943. The number of hydrogen-bond acceptors (Lipinski definition) is 2. The van der Waals surface area contributed by atoms with E-state index in [4.69, 9.17) is 0 Å². The average molecular weight is 189 g/mol. The van der Waals surface area contributed by atoms with E-state index in [9.17, 15) is 4.79 Å². The van der Waals surface area contributed by atoms with Gasteiger partial charge in [0.1, 0.15) is 0 Å². The highest BCUT2D eigenvalue weighted by atomic mass is 16.1. The first-order valence-electron chi connectivity index (χ1n) is 4.64. The Kier molecular flexibility index (Phi) is 3.18. The molecular weight excluding hydrogens is 174 g/mol.